The topological polar surface area (TPSA) is 29.9 Å². The number of likely N-dealkylation sites (N-methyl/N-ethyl adjacent to an activating group) is 1. The van der Waals surface area contributed by atoms with Gasteiger partial charge in [0.2, 0.25) is 0 Å². The van der Waals surface area contributed by atoms with E-state index in [1.165, 1.54) is 16.7 Å². The van der Waals surface area contributed by atoms with E-state index >= 15 is 0 Å². The van der Waals surface area contributed by atoms with E-state index in [1.54, 1.807) is 0 Å². The molecule has 18 heavy (non-hydrogen) atoms. The lowest BCUT2D eigenvalue weighted by molar-refractivity contribution is 0.589. The van der Waals surface area contributed by atoms with Crippen LogP contribution in [0.5, 0.6) is 0 Å². The minimum Gasteiger partial charge on any atom is -0.313 e. The Balaban J connectivity index is 2.14. The van der Waals surface area contributed by atoms with Gasteiger partial charge in [-0.05, 0) is 32.9 Å². The number of benzene rings is 1. The van der Waals surface area contributed by atoms with Crippen molar-refractivity contribution >= 4 is 0 Å². The molecular weight excluding hydrogens is 222 g/mol. The van der Waals surface area contributed by atoms with Crippen molar-refractivity contribution in [2.45, 2.75) is 32.9 Å². The first-order valence-corrected chi connectivity index (χ1v) is 6.48. The molecule has 0 fully saturated rings. The minimum atomic E-state index is 0.326. The summed E-state index contributed by atoms with van der Waals surface area (Å²) in [5.74, 6) is 0. The molecule has 1 unspecified atom stereocenters. The fourth-order valence-electron chi connectivity index (χ4n) is 2.19. The average molecular weight is 243 g/mol. The van der Waals surface area contributed by atoms with Crippen LogP contribution in [0.1, 0.15) is 29.7 Å². The van der Waals surface area contributed by atoms with Gasteiger partial charge >= 0.3 is 0 Å². The Morgan fingerprint density at radius 2 is 2.22 bits per heavy atom. The van der Waals surface area contributed by atoms with Gasteiger partial charge in [0.05, 0.1) is 6.20 Å². The third-order valence-electron chi connectivity index (χ3n) is 3.25. The van der Waals surface area contributed by atoms with Gasteiger partial charge in [-0.15, -0.1) is 0 Å². The fraction of sp³-hybridized carbons (Fsp3) is 0.400. The van der Waals surface area contributed by atoms with Gasteiger partial charge in [-0.3, -0.25) is 4.68 Å². The maximum atomic E-state index is 4.34. The molecule has 0 aliphatic carbocycles. The zero-order chi connectivity index (χ0) is 13.0. The molecule has 0 saturated heterocycles. The highest BCUT2D eigenvalue weighted by Crippen LogP contribution is 2.18. The Bertz CT molecular complexity index is 502. The van der Waals surface area contributed by atoms with E-state index in [9.17, 15) is 0 Å². The summed E-state index contributed by atoms with van der Waals surface area (Å²) >= 11 is 0. The Morgan fingerprint density at radius 3 is 2.83 bits per heavy atom. The summed E-state index contributed by atoms with van der Waals surface area (Å²) in [6.45, 7) is 5.15. The van der Waals surface area contributed by atoms with Crippen LogP contribution in [0.15, 0.2) is 36.7 Å². The highest BCUT2D eigenvalue weighted by atomic mass is 15.3. The summed E-state index contributed by atoms with van der Waals surface area (Å²) in [7, 11) is 2.00. The molecule has 1 N–H and O–H groups in total. The number of nitrogens with one attached hydrogen (secondary N) is 1. The molecule has 2 rings (SSSR count). The SMILES string of the molecule is CCn1cc(C(Cc2cccc(C)c2)NC)cn1. The predicted octanol–water partition coefficient (Wildman–Crippen LogP) is 2.71. The van der Waals surface area contributed by atoms with E-state index in [-0.39, 0.29) is 0 Å². The molecule has 1 atom stereocenters. The first-order valence-electron chi connectivity index (χ1n) is 6.48. The van der Waals surface area contributed by atoms with Crippen LogP contribution in [0.25, 0.3) is 0 Å². The highest BCUT2D eigenvalue weighted by Gasteiger charge is 2.12. The average Bonchev–Trinajstić information content (AvgIpc) is 2.84. The molecule has 0 radical (unpaired) electrons. The zero-order valence-electron chi connectivity index (χ0n) is 11.4. The third-order valence-corrected chi connectivity index (χ3v) is 3.25. The molecule has 1 aromatic carbocycles. The Labute approximate surface area is 109 Å². The van der Waals surface area contributed by atoms with Gasteiger partial charge in [0.1, 0.15) is 0 Å². The van der Waals surface area contributed by atoms with Gasteiger partial charge in [0.25, 0.3) is 0 Å². The van der Waals surface area contributed by atoms with E-state index in [0.717, 1.165) is 13.0 Å². The number of aromatic nitrogens is 2. The standard InChI is InChI=1S/C15H21N3/c1-4-18-11-14(10-17-18)15(16-3)9-13-7-5-6-12(2)8-13/h5-8,10-11,15-16H,4,9H2,1-3H3. The van der Waals surface area contributed by atoms with Crippen molar-refractivity contribution in [2.24, 2.45) is 0 Å². The molecule has 96 valence electrons. The number of hydrogen-bond acceptors (Lipinski definition) is 2. The van der Waals surface area contributed by atoms with Crippen LogP contribution in [0, 0.1) is 6.92 Å². The molecule has 1 aromatic heterocycles. The van der Waals surface area contributed by atoms with Crippen LogP contribution >= 0.6 is 0 Å². The van der Waals surface area contributed by atoms with Crippen LogP contribution in [0.4, 0.5) is 0 Å². The largest absolute Gasteiger partial charge is 0.313 e. The Kier molecular flexibility index (Phi) is 4.15. The second-order valence-corrected chi connectivity index (χ2v) is 4.66. The minimum absolute atomic E-state index is 0.326. The maximum Gasteiger partial charge on any atom is 0.0537 e. The molecule has 2 aromatic rings. The Morgan fingerprint density at radius 1 is 1.39 bits per heavy atom. The van der Waals surface area contributed by atoms with E-state index in [2.05, 4.69) is 54.7 Å². The summed E-state index contributed by atoms with van der Waals surface area (Å²) in [6, 6.07) is 9.00. The number of rotatable bonds is 5. The van der Waals surface area contributed by atoms with Crippen molar-refractivity contribution in [2.75, 3.05) is 7.05 Å². The van der Waals surface area contributed by atoms with Crippen molar-refractivity contribution in [3.05, 3.63) is 53.3 Å². The van der Waals surface area contributed by atoms with Crippen LogP contribution in [0.3, 0.4) is 0 Å². The Hall–Kier alpha value is -1.61. The van der Waals surface area contributed by atoms with Crippen LogP contribution < -0.4 is 5.32 Å². The second kappa shape index (κ2) is 5.83. The first-order chi connectivity index (χ1) is 8.72. The van der Waals surface area contributed by atoms with Gasteiger partial charge in [0, 0.05) is 24.3 Å². The lowest BCUT2D eigenvalue weighted by Gasteiger charge is -2.14. The van der Waals surface area contributed by atoms with Gasteiger partial charge < -0.3 is 5.32 Å². The predicted molar refractivity (Wildman–Crippen MR) is 74.6 cm³/mol. The number of hydrogen-bond donors (Lipinski definition) is 1. The van der Waals surface area contributed by atoms with E-state index in [1.807, 2.05) is 17.9 Å². The lowest BCUT2D eigenvalue weighted by atomic mass is 10.0. The molecular formula is C15H21N3. The lowest BCUT2D eigenvalue weighted by Crippen LogP contribution is -2.18. The molecule has 0 bridgehead atoms. The molecule has 3 nitrogen and oxygen atoms in total. The van der Waals surface area contributed by atoms with Crippen LogP contribution in [-0.4, -0.2) is 16.8 Å². The van der Waals surface area contributed by atoms with Crippen molar-refractivity contribution in [3.63, 3.8) is 0 Å². The number of nitrogens with zero attached hydrogens (tertiary/aromatic N) is 2. The molecule has 1 heterocycles. The van der Waals surface area contributed by atoms with Crippen molar-refractivity contribution in [3.8, 4) is 0 Å². The van der Waals surface area contributed by atoms with Crippen LogP contribution in [-0.2, 0) is 13.0 Å². The number of aryl methyl sites for hydroxylation is 2. The smallest absolute Gasteiger partial charge is 0.0537 e. The van der Waals surface area contributed by atoms with Gasteiger partial charge in [-0.2, -0.15) is 5.10 Å². The summed E-state index contributed by atoms with van der Waals surface area (Å²) in [4.78, 5) is 0. The van der Waals surface area contributed by atoms with Crippen LogP contribution in [0.2, 0.25) is 0 Å². The quantitative estimate of drug-likeness (QED) is 0.875. The van der Waals surface area contributed by atoms with Crippen molar-refractivity contribution < 1.29 is 0 Å². The van der Waals surface area contributed by atoms with Crippen molar-refractivity contribution in [1.82, 2.24) is 15.1 Å². The van der Waals surface area contributed by atoms with E-state index in [0.29, 0.717) is 6.04 Å². The molecule has 0 saturated carbocycles. The summed E-state index contributed by atoms with van der Waals surface area (Å²) in [5, 5.41) is 7.71. The summed E-state index contributed by atoms with van der Waals surface area (Å²) < 4.78 is 1.97. The molecule has 0 amide bonds. The zero-order valence-corrected chi connectivity index (χ0v) is 11.4. The molecule has 0 aliphatic rings. The molecule has 3 heteroatoms. The van der Waals surface area contributed by atoms with E-state index in [4.69, 9.17) is 0 Å². The molecule has 0 spiro atoms. The molecule has 0 aliphatic heterocycles. The van der Waals surface area contributed by atoms with Gasteiger partial charge in [0.15, 0.2) is 0 Å². The second-order valence-electron chi connectivity index (χ2n) is 4.66. The third kappa shape index (κ3) is 2.99. The van der Waals surface area contributed by atoms with Gasteiger partial charge in [-0.25, -0.2) is 0 Å². The highest BCUT2D eigenvalue weighted by molar-refractivity contribution is 5.25. The van der Waals surface area contributed by atoms with Gasteiger partial charge in [-0.1, -0.05) is 29.8 Å². The maximum absolute atomic E-state index is 4.34. The normalized spacial score (nSPS) is 12.6. The summed E-state index contributed by atoms with van der Waals surface area (Å²) in [5.41, 5.74) is 3.92. The monoisotopic (exact) mass is 243 g/mol. The van der Waals surface area contributed by atoms with E-state index < -0.39 is 0 Å². The van der Waals surface area contributed by atoms with Crippen molar-refractivity contribution in [1.29, 1.82) is 0 Å². The first kappa shape index (κ1) is 12.8. The fourth-order valence-corrected chi connectivity index (χ4v) is 2.19. The summed E-state index contributed by atoms with van der Waals surface area (Å²) in [6.07, 6.45) is 5.07.